The largest absolute Gasteiger partial charge is 0.484 e. The number of amides is 2. The van der Waals surface area contributed by atoms with Gasteiger partial charge in [0.25, 0.3) is 11.8 Å². The molecule has 2 heterocycles. The normalized spacial score (nSPS) is 10.6. The predicted octanol–water partition coefficient (Wildman–Crippen LogP) is 4.55. The van der Waals surface area contributed by atoms with E-state index in [9.17, 15) is 9.59 Å². The van der Waals surface area contributed by atoms with Crippen LogP contribution in [0.25, 0.3) is 17.1 Å². The van der Waals surface area contributed by atoms with Crippen molar-refractivity contribution < 1.29 is 18.7 Å². The highest BCUT2D eigenvalue weighted by molar-refractivity contribution is 6.30. The van der Waals surface area contributed by atoms with Crippen LogP contribution in [-0.4, -0.2) is 34.7 Å². The van der Waals surface area contributed by atoms with E-state index >= 15 is 0 Å². The number of furan rings is 1. The van der Waals surface area contributed by atoms with Gasteiger partial charge < -0.3 is 19.8 Å². The van der Waals surface area contributed by atoms with Crippen LogP contribution in [-0.2, 0) is 4.79 Å². The van der Waals surface area contributed by atoms with E-state index in [0.717, 1.165) is 0 Å². The van der Waals surface area contributed by atoms with E-state index in [4.69, 9.17) is 20.8 Å². The lowest BCUT2D eigenvalue weighted by Crippen LogP contribution is -2.28. The Morgan fingerprint density at radius 1 is 1.09 bits per heavy atom. The number of ether oxygens (including phenoxy) is 1. The molecule has 0 aliphatic carbocycles. The third kappa shape index (κ3) is 5.42. The second-order valence-electron chi connectivity index (χ2n) is 7.00. The lowest BCUT2D eigenvalue weighted by atomic mass is 10.2. The molecule has 4 aromatic rings. The summed E-state index contributed by atoms with van der Waals surface area (Å²) in [6, 6.07) is 19.1. The smallest absolute Gasteiger partial charge is 0.276 e. The Labute approximate surface area is 195 Å². The molecule has 4 rings (SSSR count). The Hall–Kier alpha value is -4.04. The van der Waals surface area contributed by atoms with Gasteiger partial charge in [0.1, 0.15) is 11.4 Å². The second kappa shape index (κ2) is 10.1. The van der Waals surface area contributed by atoms with E-state index in [-0.39, 0.29) is 24.1 Å². The van der Waals surface area contributed by atoms with Crippen molar-refractivity contribution in [3.63, 3.8) is 0 Å². The maximum atomic E-state index is 12.9. The maximum Gasteiger partial charge on any atom is 0.276 e. The molecule has 0 bridgehead atoms. The Balaban J connectivity index is 1.52. The van der Waals surface area contributed by atoms with Crippen LogP contribution in [0.1, 0.15) is 17.4 Å². The second-order valence-corrected chi connectivity index (χ2v) is 7.44. The van der Waals surface area contributed by atoms with Gasteiger partial charge in [0.05, 0.1) is 12.0 Å². The number of rotatable bonds is 8. The highest BCUT2D eigenvalue weighted by atomic mass is 35.5. The summed E-state index contributed by atoms with van der Waals surface area (Å²) in [5.74, 6) is 0.497. The summed E-state index contributed by atoms with van der Waals surface area (Å²) in [6.45, 7) is 2.31. The van der Waals surface area contributed by atoms with Gasteiger partial charge >= 0.3 is 0 Å². The molecular weight excluding hydrogens is 444 g/mol. The van der Waals surface area contributed by atoms with Crippen molar-refractivity contribution in [2.45, 2.75) is 6.92 Å². The third-order valence-corrected chi connectivity index (χ3v) is 4.86. The van der Waals surface area contributed by atoms with Crippen LogP contribution >= 0.6 is 11.6 Å². The predicted molar refractivity (Wildman–Crippen MR) is 125 cm³/mol. The number of hydrogen-bond donors (Lipinski definition) is 2. The molecule has 0 atom stereocenters. The van der Waals surface area contributed by atoms with E-state index in [1.165, 1.54) is 0 Å². The highest BCUT2D eigenvalue weighted by Gasteiger charge is 2.18. The first-order valence-corrected chi connectivity index (χ1v) is 10.6. The lowest BCUT2D eigenvalue weighted by Gasteiger charge is -2.08. The molecule has 0 saturated carbocycles. The first-order chi connectivity index (χ1) is 16.0. The molecule has 2 aromatic heterocycles. The molecule has 0 fully saturated rings. The summed E-state index contributed by atoms with van der Waals surface area (Å²) < 4.78 is 12.6. The van der Waals surface area contributed by atoms with Crippen molar-refractivity contribution in [2.75, 3.05) is 18.5 Å². The van der Waals surface area contributed by atoms with Crippen molar-refractivity contribution in [1.82, 2.24) is 15.1 Å². The summed E-state index contributed by atoms with van der Waals surface area (Å²) in [5, 5.41) is 10.5. The molecule has 8 nitrogen and oxygen atoms in total. The summed E-state index contributed by atoms with van der Waals surface area (Å²) in [7, 11) is 0. The van der Waals surface area contributed by atoms with Gasteiger partial charge in [0.2, 0.25) is 0 Å². The number of aromatic nitrogens is 2. The van der Waals surface area contributed by atoms with E-state index in [2.05, 4.69) is 15.7 Å². The molecule has 0 saturated heterocycles. The SMILES string of the molecule is CCNC(=O)COc1ccc(NC(=O)c2cc(-c3ccco3)n(-c3cccc(Cl)c3)n2)cc1. The van der Waals surface area contributed by atoms with Crippen LogP contribution in [0.5, 0.6) is 5.75 Å². The maximum absolute atomic E-state index is 12.9. The average Bonchev–Trinajstić information content (AvgIpc) is 3.49. The van der Waals surface area contributed by atoms with Crippen LogP contribution in [0.3, 0.4) is 0 Å². The first-order valence-electron chi connectivity index (χ1n) is 10.2. The van der Waals surface area contributed by atoms with Gasteiger partial charge in [-0.1, -0.05) is 17.7 Å². The number of benzene rings is 2. The molecular formula is C24H21ClN4O4. The van der Waals surface area contributed by atoms with Crippen LogP contribution in [0.15, 0.2) is 77.4 Å². The molecule has 33 heavy (non-hydrogen) atoms. The highest BCUT2D eigenvalue weighted by Crippen LogP contribution is 2.26. The molecule has 9 heteroatoms. The van der Waals surface area contributed by atoms with Gasteiger partial charge in [-0.25, -0.2) is 4.68 Å². The fourth-order valence-electron chi connectivity index (χ4n) is 3.12. The van der Waals surface area contributed by atoms with E-state index in [1.54, 1.807) is 71.6 Å². The van der Waals surface area contributed by atoms with Crippen molar-refractivity contribution in [1.29, 1.82) is 0 Å². The molecule has 168 valence electrons. The zero-order chi connectivity index (χ0) is 23.2. The topological polar surface area (TPSA) is 98.4 Å². The third-order valence-electron chi connectivity index (χ3n) is 4.62. The number of nitrogens with zero attached hydrogens (tertiary/aromatic N) is 2. The average molecular weight is 465 g/mol. The fraction of sp³-hybridized carbons (Fsp3) is 0.125. The van der Waals surface area contributed by atoms with Gasteiger partial charge in [-0.2, -0.15) is 5.10 Å². The minimum Gasteiger partial charge on any atom is -0.484 e. The fourth-order valence-corrected chi connectivity index (χ4v) is 3.31. The number of likely N-dealkylation sites (N-methyl/N-ethyl adjacent to an activating group) is 1. The summed E-state index contributed by atoms with van der Waals surface area (Å²) in [4.78, 5) is 24.4. The van der Waals surface area contributed by atoms with E-state index in [1.807, 2.05) is 13.0 Å². The number of carbonyl (C=O) groups excluding carboxylic acids is 2. The minimum absolute atomic E-state index is 0.0734. The molecule has 0 aliphatic heterocycles. The molecule has 0 radical (unpaired) electrons. The van der Waals surface area contributed by atoms with Gasteiger partial charge in [-0.05, 0) is 61.5 Å². The Morgan fingerprint density at radius 3 is 2.61 bits per heavy atom. The number of carbonyl (C=O) groups is 2. The van der Waals surface area contributed by atoms with Crippen LogP contribution in [0.4, 0.5) is 5.69 Å². The number of anilines is 1. The quantitative estimate of drug-likeness (QED) is 0.398. The Morgan fingerprint density at radius 2 is 1.91 bits per heavy atom. The molecule has 0 spiro atoms. The summed E-state index contributed by atoms with van der Waals surface area (Å²) >= 11 is 6.14. The number of halogens is 1. The Kier molecular flexibility index (Phi) is 6.75. The Bertz CT molecular complexity index is 1250. The van der Waals surface area contributed by atoms with Gasteiger partial charge in [-0.15, -0.1) is 0 Å². The van der Waals surface area contributed by atoms with E-state index < -0.39 is 0 Å². The molecule has 2 amide bonds. The molecule has 2 aromatic carbocycles. The van der Waals surface area contributed by atoms with E-state index in [0.29, 0.717) is 40.1 Å². The van der Waals surface area contributed by atoms with Crippen molar-refractivity contribution >= 4 is 29.1 Å². The standard InChI is InChI=1S/C24H21ClN4O4/c1-2-26-23(30)15-33-19-10-8-17(9-11-19)27-24(31)20-14-21(22-7-4-12-32-22)29(28-20)18-6-3-5-16(25)13-18/h3-14H,2,15H2,1H3,(H,26,30)(H,27,31). The number of nitrogens with one attached hydrogen (secondary N) is 2. The lowest BCUT2D eigenvalue weighted by molar-refractivity contribution is -0.122. The van der Waals surface area contributed by atoms with Crippen molar-refractivity contribution in [3.05, 3.63) is 83.7 Å². The van der Waals surface area contributed by atoms with Crippen molar-refractivity contribution in [3.8, 4) is 22.9 Å². The summed E-state index contributed by atoms with van der Waals surface area (Å²) in [6.07, 6.45) is 1.56. The molecule has 2 N–H and O–H groups in total. The molecule has 0 unspecified atom stereocenters. The van der Waals surface area contributed by atoms with Gasteiger partial charge in [-0.3, -0.25) is 9.59 Å². The number of hydrogen-bond acceptors (Lipinski definition) is 5. The van der Waals surface area contributed by atoms with Crippen LogP contribution in [0.2, 0.25) is 5.02 Å². The van der Waals surface area contributed by atoms with Crippen LogP contribution in [0, 0.1) is 0 Å². The summed E-state index contributed by atoms with van der Waals surface area (Å²) in [5.41, 5.74) is 2.07. The first kappa shape index (κ1) is 22.2. The monoisotopic (exact) mass is 464 g/mol. The van der Waals surface area contributed by atoms with Crippen LogP contribution < -0.4 is 15.4 Å². The molecule has 0 aliphatic rings. The minimum atomic E-state index is -0.389. The zero-order valence-electron chi connectivity index (χ0n) is 17.7. The zero-order valence-corrected chi connectivity index (χ0v) is 18.5. The van der Waals surface area contributed by atoms with Gasteiger partial charge in [0.15, 0.2) is 18.1 Å². The van der Waals surface area contributed by atoms with Gasteiger partial charge in [0, 0.05) is 23.3 Å². The van der Waals surface area contributed by atoms with Crippen molar-refractivity contribution in [2.24, 2.45) is 0 Å².